The van der Waals surface area contributed by atoms with Crippen LogP contribution < -0.4 is 5.32 Å². The fourth-order valence-electron chi connectivity index (χ4n) is 1.34. The second kappa shape index (κ2) is 3.53. The fourth-order valence-corrected chi connectivity index (χ4v) is 1.34. The summed E-state index contributed by atoms with van der Waals surface area (Å²) in [6.07, 6.45) is 2.55. The summed E-state index contributed by atoms with van der Waals surface area (Å²) < 4.78 is 1.87. The average molecular weight is 176 g/mol. The molecular formula is C9H12N4. The van der Waals surface area contributed by atoms with E-state index >= 15 is 0 Å². The number of aromatic nitrogens is 3. The van der Waals surface area contributed by atoms with Crippen LogP contribution in [0, 0.1) is 0 Å². The van der Waals surface area contributed by atoms with E-state index in [2.05, 4.69) is 21.5 Å². The van der Waals surface area contributed by atoms with Gasteiger partial charge in [-0.1, -0.05) is 6.07 Å². The molecule has 0 saturated heterocycles. The Kier molecular flexibility index (Phi) is 2.23. The molecule has 2 rings (SSSR count). The topological polar surface area (TPSA) is 42.2 Å². The third kappa shape index (κ3) is 1.53. The molecule has 2 aromatic heterocycles. The van der Waals surface area contributed by atoms with Crippen molar-refractivity contribution < 1.29 is 0 Å². The standard InChI is InChI=1S/C9H12N4/c1-10-6-5-8-3-2-4-9-11-7-12-13(8)9/h2-4,7,10H,5-6H2,1H3. The Bertz CT molecular complexity index is 393. The number of fused-ring (bicyclic) bond motifs is 1. The van der Waals surface area contributed by atoms with Crippen molar-refractivity contribution in [1.29, 1.82) is 0 Å². The summed E-state index contributed by atoms with van der Waals surface area (Å²) in [4.78, 5) is 4.12. The molecule has 0 aliphatic rings. The molecule has 2 heterocycles. The van der Waals surface area contributed by atoms with Crippen LogP contribution in [0.15, 0.2) is 24.5 Å². The Labute approximate surface area is 76.6 Å². The van der Waals surface area contributed by atoms with Gasteiger partial charge in [0.05, 0.1) is 0 Å². The van der Waals surface area contributed by atoms with Gasteiger partial charge >= 0.3 is 0 Å². The maximum Gasteiger partial charge on any atom is 0.155 e. The first kappa shape index (κ1) is 8.19. The smallest absolute Gasteiger partial charge is 0.155 e. The van der Waals surface area contributed by atoms with E-state index in [0.29, 0.717) is 0 Å². The molecule has 0 radical (unpaired) electrons. The number of nitrogens with zero attached hydrogens (tertiary/aromatic N) is 3. The summed E-state index contributed by atoms with van der Waals surface area (Å²) >= 11 is 0. The van der Waals surface area contributed by atoms with Gasteiger partial charge in [0.2, 0.25) is 0 Å². The van der Waals surface area contributed by atoms with Gasteiger partial charge in [0.25, 0.3) is 0 Å². The number of nitrogens with one attached hydrogen (secondary N) is 1. The van der Waals surface area contributed by atoms with Crippen LogP contribution >= 0.6 is 0 Å². The Hall–Kier alpha value is -1.42. The molecule has 1 N–H and O–H groups in total. The maximum atomic E-state index is 4.15. The molecule has 4 nitrogen and oxygen atoms in total. The molecule has 13 heavy (non-hydrogen) atoms. The van der Waals surface area contributed by atoms with Gasteiger partial charge in [-0.25, -0.2) is 9.50 Å². The molecule has 0 fully saturated rings. The van der Waals surface area contributed by atoms with Crippen LogP contribution in [-0.4, -0.2) is 28.2 Å². The largest absolute Gasteiger partial charge is 0.319 e. The summed E-state index contributed by atoms with van der Waals surface area (Å²) in [5, 5.41) is 7.26. The SMILES string of the molecule is CNCCc1cccc2ncnn12. The van der Waals surface area contributed by atoms with Gasteiger partial charge in [0.1, 0.15) is 6.33 Å². The predicted molar refractivity (Wildman–Crippen MR) is 50.6 cm³/mol. The van der Waals surface area contributed by atoms with Gasteiger partial charge in [-0.05, 0) is 19.2 Å². The summed E-state index contributed by atoms with van der Waals surface area (Å²) in [7, 11) is 1.95. The fraction of sp³-hybridized carbons (Fsp3) is 0.333. The van der Waals surface area contributed by atoms with Crippen LogP contribution in [0.2, 0.25) is 0 Å². The first-order valence-electron chi connectivity index (χ1n) is 4.34. The van der Waals surface area contributed by atoms with Gasteiger partial charge in [0.15, 0.2) is 5.65 Å². The Morgan fingerprint density at radius 3 is 3.23 bits per heavy atom. The Morgan fingerprint density at radius 1 is 1.46 bits per heavy atom. The van der Waals surface area contributed by atoms with E-state index in [1.807, 2.05) is 23.7 Å². The summed E-state index contributed by atoms with van der Waals surface area (Å²) in [6, 6.07) is 6.03. The minimum atomic E-state index is 0.911. The highest BCUT2D eigenvalue weighted by atomic mass is 15.3. The van der Waals surface area contributed by atoms with E-state index in [-0.39, 0.29) is 0 Å². The second-order valence-electron chi connectivity index (χ2n) is 2.90. The zero-order valence-corrected chi connectivity index (χ0v) is 7.57. The minimum Gasteiger partial charge on any atom is -0.319 e. The lowest BCUT2D eigenvalue weighted by Crippen LogP contribution is -2.12. The van der Waals surface area contributed by atoms with Crippen LogP contribution in [0.1, 0.15) is 5.69 Å². The lowest BCUT2D eigenvalue weighted by Gasteiger charge is -2.02. The van der Waals surface area contributed by atoms with Crippen LogP contribution in [0.25, 0.3) is 5.65 Å². The number of pyridine rings is 1. The van der Waals surface area contributed by atoms with E-state index in [1.54, 1.807) is 6.33 Å². The summed E-state index contributed by atoms with van der Waals surface area (Å²) in [5.41, 5.74) is 2.10. The monoisotopic (exact) mass is 176 g/mol. The van der Waals surface area contributed by atoms with Crippen molar-refractivity contribution in [2.45, 2.75) is 6.42 Å². The second-order valence-corrected chi connectivity index (χ2v) is 2.90. The van der Waals surface area contributed by atoms with Crippen molar-refractivity contribution in [1.82, 2.24) is 19.9 Å². The number of hydrogen-bond donors (Lipinski definition) is 1. The van der Waals surface area contributed by atoms with Crippen molar-refractivity contribution in [3.8, 4) is 0 Å². The highest BCUT2D eigenvalue weighted by Crippen LogP contribution is 2.03. The van der Waals surface area contributed by atoms with E-state index in [4.69, 9.17) is 0 Å². The molecule has 0 bridgehead atoms. The third-order valence-electron chi connectivity index (χ3n) is 2.01. The Balaban J connectivity index is 2.37. The minimum absolute atomic E-state index is 0.911. The summed E-state index contributed by atoms with van der Waals surface area (Å²) in [5.74, 6) is 0. The molecular weight excluding hydrogens is 164 g/mol. The van der Waals surface area contributed by atoms with E-state index in [9.17, 15) is 0 Å². The Morgan fingerprint density at radius 2 is 2.38 bits per heavy atom. The van der Waals surface area contributed by atoms with Crippen LogP contribution in [0.4, 0.5) is 0 Å². The van der Waals surface area contributed by atoms with Crippen LogP contribution in [-0.2, 0) is 6.42 Å². The molecule has 0 saturated carbocycles. The molecule has 4 heteroatoms. The predicted octanol–water partition coefficient (Wildman–Crippen LogP) is 0.491. The van der Waals surface area contributed by atoms with Gasteiger partial charge in [0, 0.05) is 18.7 Å². The van der Waals surface area contributed by atoms with Gasteiger partial charge in [-0.3, -0.25) is 0 Å². The van der Waals surface area contributed by atoms with E-state index in [0.717, 1.165) is 18.6 Å². The van der Waals surface area contributed by atoms with Crippen molar-refractivity contribution in [3.63, 3.8) is 0 Å². The number of rotatable bonds is 3. The quantitative estimate of drug-likeness (QED) is 0.740. The van der Waals surface area contributed by atoms with Crippen molar-refractivity contribution in [2.24, 2.45) is 0 Å². The highest BCUT2D eigenvalue weighted by molar-refractivity contribution is 5.37. The average Bonchev–Trinajstić information content (AvgIpc) is 2.62. The first-order valence-corrected chi connectivity index (χ1v) is 4.34. The zero-order chi connectivity index (χ0) is 9.10. The molecule has 2 aromatic rings. The van der Waals surface area contributed by atoms with Gasteiger partial charge in [-0.2, -0.15) is 5.10 Å². The third-order valence-corrected chi connectivity index (χ3v) is 2.01. The van der Waals surface area contributed by atoms with Gasteiger partial charge in [-0.15, -0.1) is 0 Å². The van der Waals surface area contributed by atoms with Crippen LogP contribution in [0.5, 0.6) is 0 Å². The van der Waals surface area contributed by atoms with Crippen molar-refractivity contribution in [3.05, 3.63) is 30.2 Å². The highest BCUT2D eigenvalue weighted by Gasteiger charge is 1.99. The molecule has 0 aliphatic carbocycles. The lowest BCUT2D eigenvalue weighted by atomic mass is 10.2. The van der Waals surface area contributed by atoms with Gasteiger partial charge < -0.3 is 5.32 Å². The molecule has 0 aromatic carbocycles. The van der Waals surface area contributed by atoms with Crippen molar-refractivity contribution >= 4 is 5.65 Å². The first-order chi connectivity index (χ1) is 6.42. The molecule has 0 unspecified atom stereocenters. The van der Waals surface area contributed by atoms with E-state index < -0.39 is 0 Å². The van der Waals surface area contributed by atoms with Crippen LogP contribution in [0.3, 0.4) is 0 Å². The zero-order valence-electron chi connectivity index (χ0n) is 7.57. The number of hydrogen-bond acceptors (Lipinski definition) is 3. The molecule has 0 spiro atoms. The van der Waals surface area contributed by atoms with Crippen molar-refractivity contribution in [2.75, 3.05) is 13.6 Å². The maximum absolute atomic E-state index is 4.15. The molecule has 68 valence electrons. The molecule has 0 atom stereocenters. The number of likely N-dealkylation sites (N-methyl/N-ethyl adjacent to an activating group) is 1. The summed E-state index contributed by atoms with van der Waals surface area (Å²) in [6.45, 7) is 0.957. The molecule has 0 aliphatic heterocycles. The van der Waals surface area contributed by atoms with E-state index in [1.165, 1.54) is 5.69 Å². The normalized spacial score (nSPS) is 10.8. The lowest BCUT2D eigenvalue weighted by molar-refractivity contribution is 0.747. The molecule has 0 amide bonds.